The van der Waals surface area contributed by atoms with E-state index in [4.69, 9.17) is 0 Å². The zero-order valence-electron chi connectivity index (χ0n) is 20.1. The van der Waals surface area contributed by atoms with Gasteiger partial charge < -0.3 is 19.6 Å². The molecule has 2 amide bonds. The van der Waals surface area contributed by atoms with Crippen LogP contribution in [0.15, 0.2) is 24.3 Å². The van der Waals surface area contributed by atoms with Crippen molar-refractivity contribution in [2.75, 3.05) is 58.3 Å². The van der Waals surface area contributed by atoms with E-state index in [-0.39, 0.29) is 18.2 Å². The minimum Gasteiger partial charge on any atom is -0.369 e. The van der Waals surface area contributed by atoms with Crippen LogP contribution in [0.1, 0.15) is 44.1 Å². The molecule has 3 aliphatic rings. The molecule has 2 aliphatic heterocycles. The molecule has 2 saturated heterocycles. The maximum Gasteiger partial charge on any atom is 0.416 e. The Balaban J connectivity index is 1.43. The van der Waals surface area contributed by atoms with Crippen LogP contribution in [0, 0.1) is 5.41 Å². The number of amides is 2. The van der Waals surface area contributed by atoms with Crippen LogP contribution in [0.5, 0.6) is 0 Å². The molecule has 3 fully saturated rings. The molecule has 0 bridgehead atoms. The van der Waals surface area contributed by atoms with E-state index in [0.717, 1.165) is 31.8 Å². The second-order valence-electron chi connectivity index (χ2n) is 10.3. The average molecular weight is 481 g/mol. The Hall–Kier alpha value is -2.29. The van der Waals surface area contributed by atoms with E-state index in [9.17, 15) is 22.8 Å². The molecule has 2 heterocycles. The SMILES string of the molecule is CN(C)C(=O)C(CCN1CCC2(CC1)CC2)N1CCN(c2cccc(C(F)(F)F)c2)CCC1=O. The number of hydrogen-bond donors (Lipinski definition) is 0. The summed E-state index contributed by atoms with van der Waals surface area (Å²) >= 11 is 0. The molecule has 0 radical (unpaired) electrons. The van der Waals surface area contributed by atoms with Crippen molar-refractivity contribution < 1.29 is 22.8 Å². The molecule has 1 saturated carbocycles. The molecule has 1 aliphatic carbocycles. The highest BCUT2D eigenvalue weighted by molar-refractivity contribution is 5.88. The molecule has 1 aromatic carbocycles. The molecular weight excluding hydrogens is 445 g/mol. The Labute approximate surface area is 199 Å². The zero-order valence-corrected chi connectivity index (χ0v) is 20.1. The number of likely N-dealkylation sites (tertiary alicyclic amines) is 1. The van der Waals surface area contributed by atoms with Gasteiger partial charge in [-0.05, 0) is 68.8 Å². The van der Waals surface area contributed by atoms with Crippen LogP contribution in [0.3, 0.4) is 0 Å². The third kappa shape index (κ3) is 5.67. The number of likely N-dealkylation sites (N-methyl/N-ethyl adjacent to an activating group) is 1. The first-order chi connectivity index (χ1) is 16.1. The van der Waals surface area contributed by atoms with E-state index in [0.29, 0.717) is 37.2 Å². The summed E-state index contributed by atoms with van der Waals surface area (Å²) in [5, 5.41) is 0. The lowest BCUT2D eigenvalue weighted by Crippen LogP contribution is -2.51. The molecule has 34 heavy (non-hydrogen) atoms. The smallest absolute Gasteiger partial charge is 0.369 e. The van der Waals surface area contributed by atoms with Crippen LogP contribution < -0.4 is 4.90 Å². The van der Waals surface area contributed by atoms with E-state index in [1.54, 1.807) is 25.1 Å². The van der Waals surface area contributed by atoms with Crippen LogP contribution in [0.4, 0.5) is 18.9 Å². The number of anilines is 1. The number of piperidine rings is 1. The summed E-state index contributed by atoms with van der Waals surface area (Å²) in [6, 6.07) is 4.66. The van der Waals surface area contributed by atoms with Gasteiger partial charge in [0.2, 0.25) is 11.8 Å². The molecule has 9 heteroatoms. The molecule has 6 nitrogen and oxygen atoms in total. The van der Waals surface area contributed by atoms with Crippen molar-refractivity contribution >= 4 is 17.5 Å². The van der Waals surface area contributed by atoms with Gasteiger partial charge in [-0.25, -0.2) is 0 Å². The lowest BCUT2D eigenvalue weighted by atomic mass is 9.93. The minimum atomic E-state index is -4.42. The molecule has 1 aromatic rings. The van der Waals surface area contributed by atoms with E-state index >= 15 is 0 Å². The average Bonchev–Trinajstić information content (AvgIpc) is 3.59. The molecular formula is C25H35F3N4O2. The summed E-state index contributed by atoms with van der Waals surface area (Å²) < 4.78 is 39.5. The predicted octanol–water partition coefficient (Wildman–Crippen LogP) is 3.47. The third-order valence-corrected chi connectivity index (χ3v) is 7.76. The van der Waals surface area contributed by atoms with Crippen LogP contribution in [0.2, 0.25) is 0 Å². The zero-order chi connectivity index (χ0) is 24.5. The number of benzene rings is 1. The second-order valence-corrected chi connectivity index (χ2v) is 10.3. The highest BCUT2D eigenvalue weighted by Gasteiger charge is 2.44. The predicted molar refractivity (Wildman–Crippen MR) is 124 cm³/mol. The molecule has 1 atom stereocenters. The molecule has 0 aromatic heterocycles. The number of carbonyl (C=O) groups excluding carboxylic acids is 2. The molecule has 4 rings (SSSR count). The normalized spacial score (nSPS) is 22.0. The van der Waals surface area contributed by atoms with Crippen molar-refractivity contribution in [1.82, 2.24) is 14.7 Å². The van der Waals surface area contributed by atoms with Gasteiger partial charge in [0.25, 0.3) is 0 Å². The van der Waals surface area contributed by atoms with Crippen molar-refractivity contribution in [1.29, 1.82) is 0 Å². The Morgan fingerprint density at radius 2 is 1.76 bits per heavy atom. The lowest BCUT2D eigenvalue weighted by molar-refractivity contribution is -0.144. The van der Waals surface area contributed by atoms with Gasteiger partial charge in [-0.15, -0.1) is 0 Å². The van der Waals surface area contributed by atoms with Crippen molar-refractivity contribution in [2.45, 2.75) is 50.7 Å². The standard InChI is InChI=1S/C25H35F3N4O2/c1-29(2)23(34)21(6-12-30-14-10-24(8-9-24)11-15-30)32-17-16-31(13-7-22(32)33)20-5-3-4-19(18-20)25(26,27)28/h3-5,18,21H,6-17H2,1-2H3. The van der Waals surface area contributed by atoms with Gasteiger partial charge in [0, 0.05) is 52.4 Å². The van der Waals surface area contributed by atoms with Crippen molar-refractivity contribution in [3.8, 4) is 0 Å². The number of rotatable bonds is 6. The maximum absolute atomic E-state index is 13.2. The summed E-state index contributed by atoms with van der Waals surface area (Å²) in [5.74, 6) is -0.221. The van der Waals surface area contributed by atoms with Gasteiger partial charge in [0.05, 0.1) is 5.56 Å². The summed E-state index contributed by atoms with van der Waals surface area (Å²) in [4.78, 5) is 33.5. The van der Waals surface area contributed by atoms with E-state index < -0.39 is 17.8 Å². The Morgan fingerprint density at radius 1 is 1.06 bits per heavy atom. The largest absolute Gasteiger partial charge is 0.416 e. The highest BCUT2D eigenvalue weighted by atomic mass is 19.4. The van der Waals surface area contributed by atoms with Gasteiger partial charge in [0.1, 0.15) is 6.04 Å². The van der Waals surface area contributed by atoms with Crippen molar-refractivity contribution in [3.63, 3.8) is 0 Å². The molecule has 188 valence electrons. The fourth-order valence-electron chi connectivity index (χ4n) is 5.25. The van der Waals surface area contributed by atoms with Crippen LogP contribution >= 0.6 is 0 Å². The van der Waals surface area contributed by atoms with Crippen molar-refractivity contribution in [3.05, 3.63) is 29.8 Å². The van der Waals surface area contributed by atoms with Crippen LogP contribution in [-0.4, -0.2) is 85.9 Å². The first-order valence-electron chi connectivity index (χ1n) is 12.2. The van der Waals surface area contributed by atoms with Crippen LogP contribution in [-0.2, 0) is 15.8 Å². The van der Waals surface area contributed by atoms with E-state index in [1.807, 2.05) is 4.90 Å². The van der Waals surface area contributed by atoms with Gasteiger partial charge in [0.15, 0.2) is 0 Å². The second kappa shape index (κ2) is 9.76. The molecule has 0 N–H and O–H groups in total. The number of alkyl halides is 3. The Bertz CT molecular complexity index is 890. The number of nitrogens with zero attached hydrogens (tertiary/aromatic N) is 4. The van der Waals surface area contributed by atoms with E-state index in [1.165, 1.54) is 36.6 Å². The fourth-order valence-corrected chi connectivity index (χ4v) is 5.25. The minimum absolute atomic E-state index is 0.100. The molecule has 1 unspecified atom stereocenters. The summed E-state index contributed by atoms with van der Waals surface area (Å²) in [5.41, 5.74) is 0.332. The van der Waals surface area contributed by atoms with Gasteiger partial charge in [-0.2, -0.15) is 13.2 Å². The van der Waals surface area contributed by atoms with Crippen LogP contribution in [0.25, 0.3) is 0 Å². The summed E-state index contributed by atoms with van der Waals surface area (Å²) in [6.07, 6.45) is 1.43. The van der Waals surface area contributed by atoms with Gasteiger partial charge in [-0.3, -0.25) is 9.59 Å². The number of halogens is 3. The third-order valence-electron chi connectivity index (χ3n) is 7.76. The first kappa shape index (κ1) is 24.8. The summed E-state index contributed by atoms with van der Waals surface area (Å²) in [6.45, 7) is 3.87. The van der Waals surface area contributed by atoms with Crippen molar-refractivity contribution in [2.24, 2.45) is 5.41 Å². The summed E-state index contributed by atoms with van der Waals surface area (Å²) in [7, 11) is 3.40. The fraction of sp³-hybridized carbons (Fsp3) is 0.680. The number of carbonyl (C=O) groups is 2. The topological polar surface area (TPSA) is 47.1 Å². The lowest BCUT2D eigenvalue weighted by Gasteiger charge is -2.36. The number of hydrogen-bond acceptors (Lipinski definition) is 4. The Morgan fingerprint density at radius 3 is 2.38 bits per heavy atom. The highest BCUT2D eigenvalue weighted by Crippen LogP contribution is 2.53. The van der Waals surface area contributed by atoms with E-state index in [2.05, 4.69) is 4.90 Å². The van der Waals surface area contributed by atoms with Gasteiger partial charge >= 0.3 is 6.18 Å². The van der Waals surface area contributed by atoms with Gasteiger partial charge in [-0.1, -0.05) is 6.07 Å². The maximum atomic E-state index is 13.2. The monoisotopic (exact) mass is 480 g/mol. The molecule has 1 spiro atoms. The quantitative estimate of drug-likeness (QED) is 0.626. The Kier molecular flexibility index (Phi) is 7.12. The first-order valence-corrected chi connectivity index (χ1v) is 12.2.